The normalized spacial score (nSPS) is 18.2. The van der Waals surface area contributed by atoms with Crippen molar-refractivity contribution < 1.29 is 18.3 Å². The molecule has 0 unspecified atom stereocenters. The molecule has 0 saturated heterocycles. The molecule has 1 rings (SSSR count). The Morgan fingerprint density at radius 3 is 2.31 bits per heavy atom. The zero-order valence-corrected chi connectivity index (χ0v) is 7.35. The number of alkyl halides is 3. The van der Waals surface area contributed by atoms with Crippen molar-refractivity contribution in [2.24, 2.45) is 0 Å². The van der Waals surface area contributed by atoms with Gasteiger partial charge in [-0.1, -0.05) is 0 Å². The number of hydrogen-bond donors (Lipinski definition) is 1. The Balaban J connectivity index is 2.29. The third-order valence-electron chi connectivity index (χ3n) is 2.05. The molecule has 0 heterocycles. The van der Waals surface area contributed by atoms with Crippen molar-refractivity contribution in [1.82, 2.24) is 4.90 Å². The van der Waals surface area contributed by atoms with E-state index in [0.717, 1.165) is 12.8 Å². The molecule has 1 fully saturated rings. The highest BCUT2D eigenvalue weighted by Gasteiger charge is 2.37. The van der Waals surface area contributed by atoms with Gasteiger partial charge in [-0.2, -0.15) is 13.2 Å². The van der Waals surface area contributed by atoms with Crippen molar-refractivity contribution in [3.8, 4) is 0 Å². The molecule has 0 aromatic carbocycles. The Morgan fingerprint density at radius 1 is 1.31 bits per heavy atom. The molecule has 0 spiro atoms. The molecular weight excluding hydrogens is 183 g/mol. The summed E-state index contributed by atoms with van der Waals surface area (Å²) < 4.78 is 36.1. The Kier molecular flexibility index (Phi) is 3.55. The lowest BCUT2D eigenvalue weighted by Gasteiger charge is -2.22. The molecule has 0 aromatic heterocycles. The summed E-state index contributed by atoms with van der Waals surface area (Å²) in [6.07, 6.45) is -1.96. The lowest BCUT2D eigenvalue weighted by molar-refractivity contribution is -0.147. The molecule has 0 aliphatic heterocycles. The number of aliphatic hydroxyl groups excluding tert-OH is 1. The van der Waals surface area contributed by atoms with Crippen molar-refractivity contribution in [2.45, 2.75) is 31.5 Å². The lowest BCUT2D eigenvalue weighted by atomic mass is 10.3. The van der Waals surface area contributed by atoms with Crippen LogP contribution in [0.25, 0.3) is 0 Å². The zero-order chi connectivity index (χ0) is 9.90. The maximum Gasteiger partial charge on any atom is 0.401 e. The maximum atomic E-state index is 12.0. The van der Waals surface area contributed by atoms with E-state index in [9.17, 15) is 13.2 Å². The fourth-order valence-corrected chi connectivity index (χ4v) is 1.33. The number of nitrogens with zero attached hydrogens (tertiary/aromatic N) is 1. The standard InChI is InChI=1S/C8H14F3NO/c9-8(10,11)6-12(4-1-5-13)7-2-3-7/h7,13H,1-6H2. The number of hydrogen-bond acceptors (Lipinski definition) is 2. The van der Waals surface area contributed by atoms with Crippen molar-refractivity contribution >= 4 is 0 Å². The van der Waals surface area contributed by atoms with Crippen LogP contribution in [-0.2, 0) is 0 Å². The average Bonchev–Trinajstić information content (AvgIpc) is 2.77. The second kappa shape index (κ2) is 4.28. The summed E-state index contributed by atoms with van der Waals surface area (Å²) >= 11 is 0. The Hall–Kier alpha value is -0.290. The minimum Gasteiger partial charge on any atom is -0.396 e. The van der Waals surface area contributed by atoms with Gasteiger partial charge in [0.15, 0.2) is 0 Å². The average molecular weight is 197 g/mol. The van der Waals surface area contributed by atoms with Gasteiger partial charge in [0, 0.05) is 19.2 Å². The summed E-state index contributed by atoms with van der Waals surface area (Å²) in [6, 6.07) is 0.105. The smallest absolute Gasteiger partial charge is 0.396 e. The number of halogens is 3. The first kappa shape index (κ1) is 10.8. The van der Waals surface area contributed by atoms with Crippen LogP contribution in [0.4, 0.5) is 13.2 Å². The van der Waals surface area contributed by atoms with Gasteiger partial charge in [0.05, 0.1) is 6.54 Å². The van der Waals surface area contributed by atoms with Crippen LogP contribution in [0.5, 0.6) is 0 Å². The van der Waals surface area contributed by atoms with E-state index in [0.29, 0.717) is 13.0 Å². The molecule has 0 aromatic rings. The van der Waals surface area contributed by atoms with Gasteiger partial charge in [-0.3, -0.25) is 4.90 Å². The quantitative estimate of drug-likeness (QED) is 0.720. The molecule has 0 amide bonds. The van der Waals surface area contributed by atoms with Crippen molar-refractivity contribution in [3.05, 3.63) is 0 Å². The molecule has 5 heteroatoms. The van der Waals surface area contributed by atoms with Gasteiger partial charge in [0.25, 0.3) is 0 Å². The predicted octanol–water partition coefficient (Wildman–Crippen LogP) is 1.40. The third kappa shape index (κ3) is 4.47. The topological polar surface area (TPSA) is 23.5 Å². The van der Waals surface area contributed by atoms with Gasteiger partial charge in [-0.25, -0.2) is 0 Å². The Bertz CT molecular complexity index is 156. The van der Waals surface area contributed by atoms with E-state index in [-0.39, 0.29) is 12.6 Å². The van der Waals surface area contributed by atoms with E-state index in [1.807, 2.05) is 0 Å². The van der Waals surface area contributed by atoms with E-state index in [1.54, 1.807) is 0 Å². The molecule has 1 aliphatic carbocycles. The molecule has 1 aliphatic rings. The monoisotopic (exact) mass is 197 g/mol. The third-order valence-corrected chi connectivity index (χ3v) is 2.05. The SMILES string of the molecule is OCCCN(CC(F)(F)F)C1CC1. The summed E-state index contributed by atoms with van der Waals surface area (Å²) in [6.45, 7) is -0.528. The molecule has 1 N–H and O–H groups in total. The predicted molar refractivity (Wildman–Crippen MR) is 42.4 cm³/mol. The van der Waals surface area contributed by atoms with Gasteiger partial charge in [-0.05, 0) is 19.3 Å². The van der Waals surface area contributed by atoms with Crippen LogP contribution in [-0.4, -0.2) is 41.9 Å². The summed E-state index contributed by atoms with van der Waals surface area (Å²) in [5.74, 6) is 0. The van der Waals surface area contributed by atoms with Crippen LogP contribution in [0.15, 0.2) is 0 Å². The lowest BCUT2D eigenvalue weighted by Crippen LogP contribution is -2.36. The molecule has 0 bridgehead atoms. The van der Waals surface area contributed by atoms with Gasteiger partial charge in [0.1, 0.15) is 0 Å². The van der Waals surface area contributed by atoms with Crippen molar-refractivity contribution in [2.75, 3.05) is 19.7 Å². The second-order valence-corrected chi connectivity index (χ2v) is 3.39. The van der Waals surface area contributed by atoms with Crippen LogP contribution in [0.1, 0.15) is 19.3 Å². The van der Waals surface area contributed by atoms with Crippen LogP contribution in [0, 0.1) is 0 Å². The van der Waals surface area contributed by atoms with Crippen LogP contribution < -0.4 is 0 Å². The fraction of sp³-hybridized carbons (Fsp3) is 1.00. The van der Waals surface area contributed by atoms with E-state index < -0.39 is 12.7 Å². The summed E-state index contributed by atoms with van der Waals surface area (Å²) in [7, 11) is 0. The van der Waals surface area contributed by atoms with Gasteiger partial charge in [-0.15, -0.1) is 0 Å². The van der Waals surface area contributed by atoms with Crippen LogP contribution in [0.3, 0.4) is 0 Å². The van der Waals surface area contributed by atoms with Gasteiger partial charge >= 0.3 is 6.18 Å². The molecule has 78 valence electrons. The second-order valence-electron chi connectivity index (χ2n) is 3.39. The highest BCUT2D eigenvalue weighted by Crippen LogP contribution is 2.29. The summed E-state index contributed by atoms with van der Waals surface area (Å²) in [5.41, 5.74) is 0. The van der Waals surface area contributed by atoms with E-state index in [4.69, 9.17) is 5.11 Å². The van der Waals surface area contributed by atoms with Gasteiger partial charge in [0.2, 0.25) is 0 Å². The Labute approximate surface area is 75.3 Å². The van der Waals surface area contributed by atoms with E-state index >= 15 is 0 Å². The Morgan fingerprint density at radius 2 is 1.92 bits per heavy atom. The molecule has 2 nitrogen and oxygen atoms in total. The number of rotatable bonds is 5. The number of aliphatic hydroxyl groups is 1. The largest absolute Gasteiger partial charge is 0.401 e. The molecule has 0 atom stereocenters. The highest BCUT2D eigenvalue weighted by atomic mass is 19.4. The van der Waals surface area contributed by atoms with Crippen LogP contribution >= 0.6 is 0 Å². The zero-order valence-electron chi connectivity index (χ0n) is 7.35. The first-order valence-electron chi connectivity index (χ1n) is 4.44. The first-order valence-corrected chi connectivity index (χ1v) is 4.44. The van der Waals surface area contributed by atoms with Crippen LogP contribution in [0.2, 0.25) is 0 Å². The minimum atomic E-state index is -4.11. The van der Waals surface area contributed by atoms with Gasteiger partial charge < -0.3 is 5.11 Å². The summed E-state index contributed by atoms with van der Waals surface area (Å²) in [4.78, 5) is 1.41. The molecule has 0 radical (unpaired) electrons. The summed E-state index contributed by atoms with van der Waals surface area (Å²) in [5, 5.41) is 8.51. The fourth-order valence-electron chi connectivity index (χ4n) is 1.33. The maximum absolute atomic E-state index is 12.0. The molecule has 13 heavy (non-hydrogen) atoms. The van der Waals surface area contributed by atoms with E-state index in [2.05, 4.69) is 0 Å². The molecular formula is C8H14F3NO. The first-order chi connectivity index (χ1) is 6.03. The van der Waals surface area contributed by atoms with E-state index in [1.165, 1.54) is 4.90 Å². The molecule has 1 saturated carbocycles. The van der Waals surface area contributed by atoms with Crippen molar-refractivity contribution in [1.29, 1.82) is 0 Å². The minimum absolute atomic E-state index is 0.0406. The van der Waals surface area contributed by atoms with Crippen molar-refractivity contribution in [3.63, 3.8) is 0 Å². The highest BCUT2D eigenvalue weighted by molar-refractivity contribution is 4.85.